The van der Waals surface area contributed by atoms with Gasteiger partial charge in [-0.3, -0.25) is 4.79 Å². The van der Waals surface area contributed by atoms with E-state index < -0.39 is 0 Å². The van der Waals surface area contributed by atoms with Crippen molar-refractivity contribution < 1.29 is 14.3 Å². The quantitative estimate of drug-likeness (QED) is 0.787. The first-order valence-electron chi connectivity index (χ1n) is 8.21. The van der Waals surface area contributed by atoms with Crippen LogP contribution in [-0.4, -0.2) is 46.4 Å². The van der Waals surface area contributed by atoms with Gasteiger partial charge in [0, 0.05) is 19.1 Å². The van der Waals surface area contributed by atoms with Crippen molar-refractivity contribution in [2.45, 2.75) is 25.7 Å². The minimum absolute atomic E-state index is 0. The summed E-state index contributed by atoms with van der Waals surface area (Å²) in [5.74, 6) is 0.682. The van der Waals surface area contributed by atoms with E-state index in [9.17, 15) is 4.79 Å². The normalized spacial score (nSPS) is 17.5. The molecular weight excluding hydrogens is 328 g/mol. The molecule has 1 fully saturated rings. The molecule has 6 heteroatoms. The first-order chi connectivity index (χ1) is 11.1. The number of piperidine rings is 1. The van der Waals surface area contributed by atoms with E-state index in [0.29, 0.717) is 13.2 Å². The van der Waals surface area contributed by atoms with Crippen LogP contribution >= 0.6 is 12.4 Å². The molecule has 5 nitrogen and oxygen atoms in total. The van der Waals surface area contributed by atoms with Gasteiger partial charge in [-0.25, -0.2) is 0 Å². The van der Waals surface area contributed by atoms with Gasteiger partial charge < -0.3 is 20.1 Å². The molecule has 1 aliphatic heterocycles. The Labute approximate surface area is 150 Å². The number of carbonyl (C=O) groups excluding carboxylic acids is 1. The van der Waals surface area contributed by atoms with Gasteiger partial charge >= 0.3 is 0 Å². The summed E-state index contributed by atoms with van der Waals surface area (Å²) in [5.41, 5.74) is 1.05. The van der Waals surface area contributed by atoms with Crippen molar-refractivity contribution >= 4 is 18.3 Å². The van der Waals surface area contributed by atoms with Crippen molar-refractivity contribution in [1.82, 2.24) is 10.6 Å². The van der Waals surface area contributed by atoms with E-state index >= 15 is 0 Å². The van der Waals surface area contributed by atoms with Gasteiger partial charge in [-0.1, -0.05) is 12.1 Å². The van der Waals surface area contributed by atoms with E-state index in [4.69, 9.17) is 9.47 Å². The molecule has 136 valence electrons. The first-order valence-corrected chi connectivity index (χ1v) is 8.21. The zero-order valence-corrected chi connectivity index (χ0v) is 15.6. The number of benzene rings is 1. The van der Waals surface area contributed by atoms with Gasteiger partial charge in [-0.2, -0.15) is 0 Å². The number of ether oxygens (including phenoxy) is 2. The lowest BCUT2D eigenvalue weighted by Crippen LogP contribution is -2.47. The number of amides is 1. The number of methoxy groups -OCH3 is 2. The molecule has 2 N–H and O–H groups in total. The molecule has 24 heavy (non-hydrogen) atoms. The molecule has 1 saturated heterocycles. The van der Waals surface area contributed by atoms with Crippen molar-refractivity contribution in [3.63, 3.8) is 0 Å². The van der Waals surface area contributed by atoms with Gasteiger partial charge in [0.1, 0.15) is 5.75 Å². The van der Waals surface area contributed by atoms with Crippen molar-refractivity contribution in [1.29, 1.82) is 0 Å². The van der Waals surface area contributed by atoms with Crippen LogP contribution in [0.1, 0.15) is 31.2 Å². The SMILES string of the molecule is COCC1(CNC(=O)C(C)c2ccc(OC)cc2)CCNCC1.Cl. The number of nitrogens with one attached hydrogen (secondary N) is 2. The highest BCUT2D eigenvalue weighted by Crippen LogP contribution is 2.28. The third-order valence-corrected chi connectivity index (χ3v) is 4.76. The number of carbonyl (C=O) groups is 1. The van der Waals surface area contributed by atoms with Crippen LogP contribution in [0, 0.1) is 5.41 Å². The van der Waals surface area contributed by atoms with Crippen LogP contribution in [0.5, 0.6) is 5.75 Å². The smallest absolute Gasteiger partial charge is 0.227 e. The van der Waals surface area contributed by atoms with Crippen LogP contribution < -0.4 is 15.4 Å². The van der Waals surface area contributed by atoms with Crippen molar-refractivity contribution in [3.8, 4) is 5.75 Å². The van der Waals surface area contributed by atoms with Crippen molar-refractivity contribution in [2.24, 2.45) is 5.41 Å². The van der Waals surface area contributed by atoms with E-state index in [1.807, 2.05) is 31.2 Å². The van der Waals surface area contributed by atoms with Crippen molar-refractivity contribution in [2.75, 3.05) is 40.5 Å². The molecule has 0 aliphatic carbocycles. The molecule has 1 atom stereocenters. The predicted octanol–water partition coefficient (Wildman–Crippen LogP) is 2.35. The van der Waals surface area contributed by atoms with Crippen LogP contribution in [0.4, 0.5) is 0 Å². The number of halogens is 1. The molecule has 1 aromatic carbocycles. The molecule has 1 heterocycles. The highest BCUT2D eigenvalue weighted by molar-refractivity contribution is 5.85. The minimum atomic E-state index is -0.179. The Morgan fingerprint density at radius 3 is 2.42 bits per heavy atom. The summed E-state index contributed by atoms with van der Waals surface area (Å²) in [6.45, 7) is 5.25. The molecule has 0 spiro atoms. The van der Waals surface area contributed by atoms with E-state index in [-0.39, 0.29) is 29.6 Å². The fraction of sp³-hybridized carbons (Fsp3) is 0.611. The van der Waals surface area contributed by atoms with Gasteiger partial charge in [0.2, 0.25) is 5.91 Å². The van der Waals surface area contributed by atoms with Crippen LogP contribution in [-0.2, 0) is 9.53 Å². The van der Waals surface area contributed by atoms with Gasteiger partial charge in [-0.05, 0) is 50.6 Å². The summed E-state index contributed by atoms with van der Waals surface area (Å²) in [4.78, 5) is 12.5. The maximum Gasteiger partial charge on any atom is 0.227 e. The van der Waals surface area contributed by atoms with E-state index in [1.54, 1.807) is 14.2 Å². The number of rotatable bonds is 7. The fourth-order valence-electron chi connectivity index (χ4n) is 3.11. The average molecular weight is 357 g/mol. The largest absolute Gasteiger partial charge is 0.497 e. The summed E-state index contributed by atoms with van der Waals surface area (Å²) in [7, 11) is 3.37. The maximum absolute atomic E-state index is 12.5. The highest BCUT2D eigenvalue weighted by atomic mass is 35.5. The second-order valence-electron chi connectivity index (χ2n) is 6.40. The van der Waals surface area contributed by atoms with Gasteiger partial charge in [-0.15, -0.1) is 12.4 Å². The molecule has 0 aromatic heterocycles. The summed E-state index contributed by atoms with van der Waals surface area (Å²) in [6.07, 6.45) is 2.05. The third-order valence-electron chi connectivity index (χ3n) is 4.76. The molecule has 2 rings (SSSR count). The molecule has 1 unspecified atom stereocenters. The molecule has 1 aliphatic rings. The zero-order valence-electron chi connectivity index (χ0n) is 14.8. The Kier molecular flexibility index (Phi) is 8.53. The predicted molar refractivity (Wildman–Crippen MR) is 98.1 cm³/mol. The third kappa shape index (κ3) is 5.36. The van der Waals surface area contributed by atoms with Crippen molar-refractivity contribution in [3.05, 3.63) is 29.8 Å². The lowest BCUT2D eigenvalue weighted by molar-refractivity contribution is -0.123. The monoisotopic (exact) mass is 356 g/mol. The Balaban J connectivity index is 0.00000288. The molecule has 0 radical (unpaired) electrons. The number of hydrogen-bond donors (Lipinski definition) is 2. The molecular formula is C18H29ClN2O3. The van der Waals surface area contributed by atoms with Crippen LogP contribution in [0.2, 0.25) is 0 Å². The van der Waals surface area contributed by atoms with E-state index in [1.165, 1.54) is 0 Å². The minimum Gasteiger partial charge on any atom is -0.497 e. The van der Waals surface area contributed by atoms with Gasteiger partial charge in [0.25, 0.3) is 0 Å². The Morgan fingerprint density at radius 2 is 1.88 bits per heavy atom. The lowest BCUT2D eigenvalue weighted by Gasteiger charge is -2.37. The maximum atomic E-state index is 12.5. The van der Waals surface area contributed by atoms with Crippen LogP contribution in [0.3, 0.4) is 0 Å². The highest BCUT2D eigenvalue weighted by Gasteiger charge is 2.33. The van der Waals surface area contributed by atoms with Crippen LogP contribution in [0.25, 0.3) is 0 Å². The standard InChI is InChI=1S/C18H28N2O3.ClH/c1-14(15-4-6-16(23-3)7-5-15)17(21)20-12-18(13-22-2)8-10-19-11-9-18;/h4-7,14,19H,8-13H2,1-3H3,(H,20,21);1H. The zero-order chi connectivity index (χ0) is 16.7. The molecule has 1 aromatic rings. The van der Waals surface area contributed by atoms with E-state index in [0.717, 1.165) is 37.2 Å². The Hall–Kier alpha value is -1.30. The Bertz CT molecular complexity index is 496. The fourth-order valence-corrected chi connectivity index (χ4v) is 3.11. The first kappa shape index (κ1) is 20.7. The molecule has 0 saturated carbocycles. The average Bonchev–Trinajstić information content (AvgIpc) is 2.60. The molecule has 0 bridgehead atoms. The van der Waals surface area contributed by atoms with Crippen LogP contribution in [0.15, 0.2) is 24.3 Å². The second-order valence-corrected chi connectivity index (χ2v) is 6.40. The van der Waals surface area contributed by atoms with Gasteiger partial charge in [0.15, 0.2) is 0 Å². The van der Waals surface area contributed by atoms with Gasteiger partial charge in [0.05, 0.1) is 19.6 Å². The topological polar surface area (TPSA) is 59.6 Å². The lowest BCUT2D eigenvalue weighted by atomic mass is 9.79. The Morgan fingerprint density at radius 1 is 1.25 bits per heavy atom. The summed E-state index contributed by atoms with van der Waals surface area (Å²) < 4.78 is 10.6. The number of hydrogen-bond acceptors (Lipinski definition) is 4. The summed E-state index contributed by atoms with van der Waals surface area (Å²) >= 11 is 0. The summed E-state index contributed by atoms with van der Waals surface area (Å²) in [6, 6.07) is 7.66. The second kappa shape index (κ2) is 9.87. The summed E-state index contributed by atoms with van der Waals surface area (Å²) in [5, 5.41) is 6.49. The van der Waals surface area contributed by atoms with E-state index in [2.05, 4.69) is 10.6 Å². The molecule has 1 amide bonds.